The first-order chi connectivity index (χ1) is 8.41. The van der Waals surface area contributed by atoms with E-state index in [1.54, 1.807) is 0 Å². The van der Waals surface area contributed by atoms with Crippen LogP contribution in [0.5, 0.6) is 0 Å². The number of halogens is 2. The maximum absolute atomic E-state index is 5.81. The van der Waals surface area contributed by atoms with Crippen LogP contribution in [0.1, 0.15) is 22.3 Å². The highest BCUT2D eigenvalue weighted by Gasteiger charge is 1.94. The maximum atomic E-state index is 5.81. The molecule has 0 atom stereocenters. The SMILES string of the molecule is Cc1ccc(Cl)cc1C.Cc1cccc(Cl)c1C. The largest absolute Gasteiger partial charge is 0.0843 e. The van der Waals surface area contributed by atoms with Crippen LogP contribution in [0.2, 0.25) is 10.0 Å². The van der Waals surface area contributed by atoms with Crippen LogP contribution in [0.3, 0.4) is 0 Å². The molecule has 0 heterocycles. The molecule has 2 aromatic carbocycles. The number of aryl methyl sites for hydroxylation is 3. The van der Waals surface area contributed by atoms with Crippen LogP contribution >= 0.6 is 23.2 Å². The fraction of sp³-hybridized carbons (Fsp3) is 0.250. The van der Waals surface area contributed by atoms with E-state index < -0.39 is 0 Å². The number of hydrogen-bond donors (Lipinski definition) is 0. The van der Waals surface area contributed by atoms with Crippen LogP contribution in [-0.2, 0) is 0 Å². The van der Waals surface area contributed by atoms with Gasteiger partial charge in [0.05, 0.1) is 0 Å². The second-order valence-corrected chi connectivity index (χ2v) is 5.25. The summed E-state index contributed by atoms with van der Waals surface area (Å²) in [5.74, 6) is 0. The van der Waals surface area contributed by atoms with E-state index in [0.29, 0.717) is 0 Å². The van der Waals surface area contributed by atoms with Crippen molar-refractivity contribution < 1.29 is 0 Å². The first kappa shape index (κ1) is 15.1. The minimum Gasteiger partial charge on any atom is -0.0843 e. The zero-order valence-electron chi connectivity index (χ0n) is 11.2. The molecule has 0 aromatic heterocycles. The molecule has 96 valence electrons. The molecule has 0 N–H and O–H groups in total. The van der Waals surface area contributed by atoms with Crippen molar-refractivity contribution in [1.29, 1.82) is 0 Å². The van der Waals surface area contributed by atoms with Crippen LogP contribution in [-0.4, -0.2) is 0 Å². The third-order valence-corrected chi connectivity index (χ3v) is 3.65. The normalized spacial score (nSPS) is 9.67. The lowest BCUT2D eigenvalue weighted by Gasteiger charge is -1.98. The van der Waals surface area contributed by atoms with Crippen molar-refractivity contribution in [2.24, 2.45) is 0 Å². The fourth-order valence-corrected chi connectivity index (χ4v) is 1.87. The molecule has 18 heavy (non-hydrogen) atoms. The Hall–Kier alpha value is -0.980. The van der Waals surface area contributed by atoms with E-state index in [1.165, 1.54) is 22.3 Å². The molecule has 0 aliphatic rings. The van der Waals surface area contributed by atoms with E-state index in [0.717, 1.165) is 10.0 Å². The standard InChI is InChI=1S/2C8H9Cl/c1-6-3-4-8(9)5-7(6)2;1-6-4-3-5-8(9)7(6)2/h2*3-5H,1-2H3. The Morgan fingerprint density at radius 2 is 1.39 bits per heavy atom. The minimum atomic E-state index is 0.818. The van der Waals surface area contributed by atoms with Gasteiger partial charge in [-0.05, 0) is 68.1 Å². The minimum absolute atomic E-state index is 0.818. The molecule has 2 rings (SSSR count). The molecule has 0 saturated carbocycles. The summed E-state index contributed by atoms with van der Waals surface area (Å²) in [4.78, 5) is 0. The van der Waals surface area contributed by atoms with Gasteiger partial charge in [0.1, 0.15) is 0 Å². The van der Waals surface area contributed by atoms with E-state index in [1.807, 2.05) is 37.3 Å². The highest BCUT2D eigenvalue weighted by molar-refractivity contribution is 6.31. The van der Waals surface area contributed by atoms with Crippen molar-refractivity contribution in [3.8, 4) is 0 Å². The third kappa shape index (κ3) is 4.36. The van der Waals surface area contributed by atoms with Gasteiger partial charge in [-0.15, -0.1) is 0 Å². The fourth-order valence-electron chi connectivity index (χ4n) is 1.42. The molecule has 0 aliphatic heterocycles. The Morgan fingerprint density at radius 3 is 1.83 bits per heavy atom. The number of hydrogen-bond acceptors (Lipinski definition) is 0. The molecular formula is C16H18Cl2. The molecule has 0 unspecified atom stereocenters. The molecule has 0 saturated heterocycles. The van der Waals surface area contributed by atoms with Gasteiger partial charge in [-0.2, -0.15) is 0 Å². The molecule has 2 aromatic rings. The summed E-state index contributed by atoms with van der Waals surface area (Å²) in [6.45, 7) is 8.21. The van der Waals surface area contributed by atoms with Crippen molar-refractivity contribution in [3.63, 3.8) is 0 Å². The van der Waals surface area contributed by atoms with Gasteiger partial charge in [0, 0.05) is 10.0 Å². The van der Waals surface area contributed by atoms with Gasteiger partial charge in [-0.25, -0.2) is 0 Å². The van der Waals surface area contributed by atoms with Crippen molar-refractivity contribution in [1.82, 2.24) is 0 Å². The maximum Gasteiger partial charge on any atom is 0.0437 e. The Balaban J connectivity index is 0.000000180. The lowest BCUT2D eigenvalue weighted by molar-refractivity contribution is 1.34. The average Bonchev–Trinajstić information content (AvgIpc) is 2.32. The second kappa shape index (κ2) is 6.82. The van der Waals surface area contributed by atoms with Gasteiger partial charge in [0.15, 0.2) is 0 Å². The molecule has 0 radical (unpaired) electrons. The summed E-state index contributed by atoms with van der Waals surface area (Å²) >= 11 is 11.5. The van der Waals surface area contributed by atoms with Crippen LogP contribution in [0.25, 0.3) is 0 Å². The Labute approximate surface area is 120 Å². The van der Waals surface area contributed by atoms with Crippen LogP contribution in [0, 0.1) is 27.7 Å². The Morgan fingerprint density at radius 1 is 0.722 bits per heavy atom. The lowest BCUT2D eigenvalue weighted by atomic mass is 10.1. The average molecular weight is 281 g/mol. The topological polar surface area (TPSA) is 0 Å². The summed E-state index contributed by atoms with van der Waals surface area (Å²) < 4.78 is 0. The summed E-state index contributed by atoms with van der Waals surface area (Å²) in [6.07, 6.45) is 0. The van der Waals surface area contributed by atoms with Gasteiger partial charge in [0.2, 0.25) is 0 Å². The smallest absolute Gasteiger partial charge is 0.0437 e. The molecule has 0 amide bonds. The quantitative estimate of drug-likeness (QED) is 0.562. The van der Waals surface area contributed by atoms with E-state index in [4.69, 9.17) is 23.2 Å². The summed E-state index contributed by atoms with van der Waals surface area (Å²) in [6, 6.07) is 11.8. The van der Waals surface area contributed by atoms with E-state index >= 15 is 0 Å². The number of benzene rings is 2. The second-order valence-electron chi connectivity index (χ2n) is 4.41. The summed E-state index contributed by atoms with van der Waals surface area (Å²) in [5, 5.41) is 1.67. The summed E-state index contributed by atoms with van der Waals surface area (Å²) in [7, 11) is 0. The van der Waals surface area contributed by atoms with Crippen molar-refractivity contribution in [3.05, 3.63) is 68.7 Å². The van der Waals surface area contributed by atoms with Gasteiger partial charge >= 0.3 is 0 Å². The molecule has 0 aliphatic carbocycles. The highest BCUT2D eigenvalue weighted by atomic mass is 35.5. The van der Waals surface area contributed by atoms with Gasteiger partial charge in [-0.1, -0.05) is 41.4 Å². The van der Waals surface area contributed by atoms with Crippen LogP contribution < -0.4 is 0 Å². The van der Waals surface area contributed by atoms with Gasteiger partial charge in [-0.3, -0.25) is 0 Å². The molecular weight excluding hydrogens is 263 g/mol. The zero-order valence-corrected chi connectivity index (χ0v) is 12.7. The monoisotopic (exact) mass is 280 g/mol. The van der Waals surface area contributed by atoms with Crippen molar-refractivity contribution in [2.75, 3.05) is 0 Å². The summed E-state index contributed by atoms with van der Waals surface area (Å²) in [5.41, 5.74) is 4.98. The first-order valence-corrected chi connectivity index (χ1v) is 6.62. The van der Waals surface area contributed by atoms with E-state index in [2.05, 4.69) is 26.8 Å². The first-order valence-electron chi connectivity index (χ1n) is 5.86. The molecule has 0 nitrogen and oxygen atoms in total. The Bertz CT molecular complexity index is 510. The predicted molar refractivity (Wildman–Crippen MR) is 81.9 cm³/mol. The highest BCUT2D eigenvalue weighted by Crippen LogP contribution is 2.17. The Kier molecular flexibility index (Phi) is 5.71. The van der Waals surface area contributed by atoms with Crippen LogP contribution in [0.15, 0.2) is 36.4 Å². The molecule has 0 spiro atoms. The predicted octanol–water partition coefficient (Wildman–Crippen LogP) is 5.91. The molecule has 2 heteroatoms. The van der Waals surface area contributed by atoms with Crippen molar-refractivity contribution in [2.45, 2.75) is 27.7 Å². The lowest BCUT2D eigenvalue weighted by Crippen LogP contribution is -1.78. The van der Waals surface area contributed by atoms with E-state index in [9.17, 15) is 0 Å². The van der Waals surface area contributed by atoms with Gasteiger partial charge in [0.25, 0.3) is 0 Å². The van der Waals surface area contributed by atoms with E-state index in [-0.39, 0.29) is 0 Å². The molecule has 0 fully saturated rings. The van der Waals surface area contributed by atoms with Gasteiger partial charge < -0.3 is 0 Å². The molecule has 0 bridgehead atoms. The third-order valence-electron chi connectivity index (χ3n) is 3.01. The van der Waals surface area contributed by atoms with Crippen molar-refractivity contribution >= 4 is 23.2 Å². The zero-order chi connectivity index (χ0) is 13.7. The van der Waals surface area contributed by atoms with Crippen LogP contribution in [0.4, 0.5) is 0 Å². The number of rotatable bonds is 0.